The molecule has 1 aliphatic carbocycles. The number of aryl methyl sites for hydroxylation is 2. The maximum atomic E-state index is 11.2. The maximum absolute atomic E-state index is 11.2. The average molecular weight is 269 g/mol. The molecule has 1 unspecified atom stereocenters. The van der Waals surface area contributed by atoms with Gasteiger partial charge in [-0.25, -0.2) is 0 Å². The molecular weight excluding hydrogens is 250 g/mol. The van der Waals surface area contributed by atoms with Crippen LogP contribution in [0, 0.1) is 6.92 Å². The number of fused-ring (bicyclic) bond motifs is 1. The third-order valence-corrected chi connectivity index (χ3v) is 4.13. The van der Waals surface area contributed by atoms with E-state index in [9.17, 15) is 5.11 Å². The molecule has 0 fully saturated rings. The van der Waals surface area contributed by atoms with Crippen LogP contribution in [0.1, 0.15) is 28.7 Å². The van der Waals surface area contributed by atoms with Crippen LogP contribution in [-0.4, -0.2) is 12.2 Å². The molecule has 0 aromatic heterocycles. The minimum Gasteiger partial charge on any atom is -0.496 e. The minimum atomic E-state index is -0.986. The molecule has 3 heteroatoms. The molecule has 2 aromatic carbocycles. The van der Waals surface area contributed by atoms with Crippen LogP contribution in [0.2, 0.25) is 0 Å². The van der Waals surface area contributed by atoms with Crippen molar-refractivity contribution >= 4 is 5.69 Å². The van der Waals surface area contributed by atoms with E-state index in [0.717, 1.165) is 40.1 Å². The first kappa shape index (κ1) is 13.0. The standard InChI is InChI=1S/C17H19NO2/c1-11-3-6-16(20-2)15(9-11)17(19)8-7-12-10-13(18)4-5-14(12)17/h3-6,9-10,19H,7-8,18H2,1-2H3. The van der Waals surface area contributed by atoms with Gasteiger partial charge in [-0.05, 0) is 55.2 Å². The summed E-state index contributed by atoms with van der Waals surface area (Å²) in [5, 5.41) is 11.2. The van der Waals surface area contributed by atoms with Gasteiger partial charge in [-0.3, -0.25) is 0 Å². The number of anilines is 1. The highest BCUT2D eigenvalue weighted by Crippen LogP contribution is 2.45. The van der Waals surface area contributed by atoms with Gasteiger partial charge in [0.2, 0.25) is 0 Å². The summed E-state index contributed by atoms with van der Waals surface area (Å²) < 4.78 is 5.43. The second-order valence-corrected chi connectivity index (χ2v) is 5.48. The van der Waals surface area contributed by atoms with Crippen LogP contribution in [0.25, 0.3) is 0 Å². The third-order valence-electron chi connectivity index (χ3n) is 4.13. The van der Waals surface area contributed by atoms with Crippen LogP contribution in [0.3, 0.4) is 0 Å². The Hall–Kier alpha value is -2.00. The monoisotopic (exact) mass is 269 g/mol. The van der Waals surface area contributed by atoms with Crippen LogP contribution in [0.4, 0.5) is 5.69 Å². The minimum absolute atomic E-state index is 0.658. The van der Waals surface area contributed by atoms with Crippen LogP contribution in [0.15, 0.2) is 36.4 Å². The molecule has 0 amide bonds. The molecule has 3 N–H and O–H groups in total. The number of nitrogens with two attached hydrogens (primary N) is 1. The number of hydrogen-bond acceptors (Lipinski definition) is 3. The van der Waals surface area contributed by atoms with E-state index in [1.54, 1.807) is 7.11 Å². The number of benzene rings is 2. The molecule has 3 rings (SSSR count). The Balaban J connectivity index is 2.19. The highest BCUT2D eigenvalue weighted by molar-refractivity contribution is 5.55. The summed E-state index contributed by atoms with van der Waals surface area (Å²) in [7, 11) is 1.64. The summed E-state index contributed by atoms with van der Waals surface area (Å²) in [6.07, 6.45) is 1.49. The van der Waals surface area contributed by atoms with Crippen molar-refractivity contribution in [3.8, 4) is 5.75 Å². The van der Waals surface area contributed by atoms with Gasteiger partial charge in [-0.2, -0.15) is 0 Å². The van der Waals surface area contributed by atoms with E-state index in [0.29, 0.717) is 6.42 Å². The number of methoxy groups -OCH3 is 1. The normalized spacial score (nSPS) is 20.8. The lowest BCUT2D eigenvalue weighted by atomic mass is 9.86. The molecule has 1 atom stereocenters. The molecule has 2 aromatic rings. The topological polar surface area (TPSA) is 55.5 Å². The SMILES string of the molecule is COc1ccc(C)cc1C1(O)CCc2cc(N)ccc21. The summed E-state index contributed by atoms with van der Waals surface area (Å²) in [6.45, 7) is 2.02. The van der Waals surface area contributed by atoms with Crippen molar-refractivity contribution in [3.05, 3.63) is 58.7 Å². The van der Waals surface area contributed by atoms with E-state index in [2.05, 4.69) is 0 Å². The molecule has 0 bridgehead atoms. The van der Waals surface area contributed by atoms with E-state index in [1.165, 1.54) is 0 Å². The molecular formula is C17H19NO2. The van der Waals surface area contributed by atoms with Crippen molar-refractivity contribution in [1.82, 2.24) is 0 Å². The predicted molar refractivity (Wildman–Crippen MR) is 79.9 cm³/mol. The van der Waals surface area contributed by atoms with Crippen LogP contribution in [0.5, 0.6) is 5.75 Å². The lowest BCUT2D eigenvalue weighted by molar-refractivity contribution is 0.0799. The van der Waals surface area contributed by atoms with Crippen LogP contribution < -0.4 is 10.5 Å². The Kier molecular flexibility index (Phi) is 2.94. The molecule has 0 spiro atoms. The number of nitrogen functional groups attached to an aromatic ring is 1. The van der Waals surface area contributed by atoms with Crippen molar-refractivity contribution in [1.29, 1.82) is 0 Å². The Morgan fingerprint density at radius 3 is 2.70 bits per heavy atom. The van der Waals surface area contributed by atoms with Crippen molar-refractivity contribution in [3.63, 3.8) is 0 Å². The first-order valence-electron chi connectivity index (χ1n) is 6.81. The maximum Gasteiger partial charge on any atom is 0.125 e. The van der Waals surface area contributed by atoms with Crippen molar-refractivity contribution < 1.29 is 9.84 Å². The summed E-state index contributed by atoms with van der Waals surface area (Å²) in [6, 6.07) is 11.6. The number of rotatable bonds is 2. The Morgan fingerprint density at radius 2 is 1.95 bits per heavy atom. The van der Waals surface area contributed by atoms with E-state index < -0.39 is 5.60 Å². The lowest BCUT2D eigenvalue weighted by Gasteiger charge is -2.27. The first-order valence-corrected chi connectivity index (χ1v) is 6.81. The second-order valence-electron chi connectivity index (χ2n) is 5.48. The molecule has 20 heavy (non-hydrogen) atoms. The molecule has 0 radical (unpaired) electrons. The van der Waals surface area contributed by atoms with Gasteiger partial charge in [0.1, 0.15) is 11.4 Å². The van der Waals surface area contributed by atoms with Gasteiger partial charge in [0, 0.05) is 11.3 Å². The Bertz CT molecular complexity index is 666. The summed E-state index contributed by atoms with van der Waals surface area (Å²) in [4.78, 5) is 0. The molecule has 0 saturated carbocycles. The largest absolute Gasteiger partial charge is 0.496 e. The predicted octanol–water partition coefficient (Wildman–Crippen LogP) is 2.77. The fourth-order valence-corrected chi connectivity index (χ4v) is 3.10. The van der Waals surface area contributed by atoms with E-state index in [-0.39, 0.29) is 0 Å². The lowest BCUT2D eigenvalue weighted by Crippen LogP contribution is -2.24. The van der Waals surface area contributed by atoms with Crippen molar-refractivity contribution in [2.24, 2.45) is 0 Å². The average Bonchev–Trinajstić information content (AvgIpc) is 2.77. The molecule has 0 saturated heterocycles. The van der Waals surface area contributed by atoms with Gasteiger partial charge in [0.25, 0.3) is 0 Å². The van der Waals surface area contributed by atoms with Crippen molar-refractivity contribution in [2.45, 2.75) is 25.4 Å². The second kappa shape index (κ2) is 4.53. The van der Waals surface area contributed by atoms with Gasteiger partial charge < -0.3 is 15.6 Å². The number of hydrogen-bond donors (Lipinski definition) is 2. The smallest absolute Gasteiger partial charge is 0.125 e. The van der Waals surface area contributed by atoms with Gasteiger partial charge in [0.05, 0.1) is 7.11 Å². The van der Waals surface area contributed by atoms with Crippen molar-refractivity contribution in [2.75, 3.05) is 12.8 Å². The van der Waals surface area contributed by atoms with Crippen LogP contribution >= 0.6 is 0 Å². The summed E-state index contributed by atoms with van der Waals surface area (Å²) in [5.41, 5.74) is 9.59. The van der Waals surface area contributed by atoms with E-state index >= 15 is 0 Å². The number of ether oxygens (including phenoxy) is 1. The third kappa shape index (κ3) is 1.86. The molecule has 0 heterocycles. The zero-order valence-electron chi connectivity index (χ0n) is 11.8. The van der Waals surface area contributed by atoms with E-state index in [1.807, 2.05) is 43.3 Å². The Labute approximate surface area is 119 Å². The van der Waals surface area contributed by atoms with Gasteiger partial charge >= 0.3 is 0 Å². The van der Waals surface area contributed by atoms with Crippen LogP contribution in [-0.2, 0) is 12.0 Å². The van der Waals surface area contributed by atoms with E-state index in [4.69, 9.17) is 10.5 Å². The summed E-state index contributed by atoms with van der Waals surface area (Å²) >= 11 is 0. The quantitative estimate of drug-likeness (QED) is 0.824. The summed E-state index contributed by atoms with van der Waals surface area (Å²) in [5.74, 6) is 0.725. The number of aliphatic hydroxyl groups is 1. The fraction of sp³-hybridized carbons (Fsp3) is 0.294. The van der Waals surface area contributed by atoms with Gasteiger partial charge in [-0.15, -0.1) is 0 Å². The van der Waals surface area contributed by atoms with Gasteiger partial charge in [0.15, 0.2) is 0 Å². The molecule has 1 aliphatic rings. The zero-order valence-corrected chi connectivity index (χ0v) is 11.8. The fourth-order valence-electron chi connectivity index (χ4n) is 3.10. The molecule has 3 nitrogen and oxygen atoms in total. The Morgan fingerprint density at radius 1 is 1.15 bits per heavy atom. The first-order chi connectivity index (χ1) is 9.54. The zero-order chi connectivity index (χ0) is 14.3. The molecule has 0 aliphatic heterocycles. The van der Waals surface area contributed by atoms with Gasteiger partial charge in [-0.1, -0.05) is 17.7 Å². The highest BCUT2D eigenvalue weighted by atomic mass is 16.5. The highest BCUT2D eigenvalue weighted by Gasteiger charge is 2.40. The molecule has 104 valence electrons.